The SMILES string of the molecule is COc1ccc(C(C)NC(=O)c2cnc(-c3ccccc3Cl)s2)c(OC)c1. The third-order valence-electron chi connectivity index (χ3n) is 4.09. The Morgan fingerprint density at radius 2 is 1.96 bits per heavy atom. The molecule has 0 aliphatic heterocycles. The zero-order valence-corrected chi connectivity index (χ0v) is 16.7. The minimum atomic E-state index is -0.246. The van der Waals surface area contributed by atoms with Crippen LogP contribution in [-0.2, 0) is 0 Å². The van der Waals surface area contributed by atoms with Crippen LogP contribution in [0.3, 0.4) is 0 Å². The highest BCUT2D eigenvalue weighted by Gasteiger charge is 2.18. The molecule has 1 unspecified atom stereocenters. The number of nitrogens with zero attached hydrogens (tertiary/aromatic N) is 1. The Balaban J connectivity index is 1.77. The molecule has 1 N–H and O–H groups in total. The number of amides is 1. The molecule has 3 aromatic rings. The lowest BCUT2D eigenvalue weighted by atomic mass is 10.1. The van der Waals surface area contributed by atoms with E-state index in [-0.39, 0.29) is 11.9 Å². The minimum absolute atomic E-state index is 0.198. The standard InChI is InChI=1S/C20H19ClN2O3S/c1-12(14-9-8-13(25-2)10-17(14)26-3)23-19(24)18-11-22-20(27-18)15-6-4-5-7-16(15)21/h4-12H,1-3H3,(H,23,24). The first kappa shape index (κ1) is 19.2. The highest BCUT2D eigenvalue weighted by atomic mass is 35.5. The van der Waals surface area contributed by atoms with Crippen molar-refractivity contribution in [3.8, 4) is 22.1 Å². The van der Waals surface area contributed by atoms with Crippen LogP contribution in [0.15, 0.2) is 48.7 Å². The topological polar surface area (TPSA) is 60.5 Å². The minimum Gasteiger partial charge on any atom is -0.497 e. The van der Waals surface area contributed by atoms with Crippen LogP contribution in [0.5, 0.6) is 11.5 Å². The molecule has 0 bridgehead atoms. The molecule has 5 nitrogen and oxygen atoms in total. The molecule has 0 aliphatic rings. The normalized spacial score (nSPS) is 11.7. The number of aromatic nitrogens is 1. The second kappa shape index (κ2) is 8.41. The maximum atomic E-state index is 12.6. The van der Waals surface area contributed by atoms with E-state index < -0.39 is 0 Å². The Labute approximate surface area is 166 Å². The third-order valence-corrected chi connectivity index (χ3v) is 5.45. The van der Waals surface area contributed by atoms with Gasteiger partial charge in [0.25, 0.3) is 5.91 Å². The molecular weight excluding hydrogens is 384 g/mol. The summed E-state index contributed by atoms with van der Waals surface area (Å²) < 4.78 is 10.6. The fourth-order valence-corrected chi connectivity index (χ4v) is 3.80. The van der Waals surface area contributed by atoms with Gasteiger partial charge in [-0.05, 0) is 25.1 Å². The van der Waals surface area contributed by atoms with E-state index in [1.807, 2.05) is 37.3 Å². The second-order valence-corrected chi connectivity index (χ2v) is 7.25. The Bertz CT molecular complexity index is 958. The van der Waals surface area contributed by atoms with Crippen molar-refractivity contribution in [1.82, 2.24) is 10.3 Å². The van der Waals surface area contributed by atoms with Crippen molar-refractivity contribution in [2.75, 3.05) is 14.2 Å². The quantitative estimate of drug-likeness (QED) is 0.632. The molecule has 2 aromatic carbocycles. The van der Waals surface area contributed by atoms with Crippen molar-refractivity contribution in [2.45, 2.75) is 13.0 Å². The van der Waals surface area contributed by atoms with Crippen LogP contribution < -0.4 is 14.8 Å². The molecule has 0 fully saturated rings. The molecule has 140 valence electrons. The van der Waals surface area contributed by atoms with E-state index in [0.29, 0.717) is 26.4 Å². The van der Waals surface area contributed by atoms with Gasteiger partial charge in [-0.2, -0.15) is 0 Å². The van der Waals surface area contributed by atoms with Crippen molar-refractivity contribution in [3.05, 3.63) is 64.1 Å². The molecule has 7 heteroatoms. The van der Waals surface area contributed by atoms with E-state index in [1.165, 1.54) is 11.3 Å². The molecule has 0 aliphatic carbocycles. The molecule has 0 saturated heterocycles. The Morgan fingerprint density at radius 1 is 1.19 bits per heavy atom. The van der Waals surface area contributed by atoms with Crippen LogP contribution in [0.2, 0.25) is 5.02 Å². The fraction of sp³-hybridized carbons (Fsp3) is 0.200. The van der Waals surface area contributed by atoms with Crippen LogP contribution in [0.4, 0.5) is 0 Å². The molecule has 27 heavy (non-hydrogen) atoms. The van der Waals surface area contributed by atoms with Crippen LogP contribution >= 0.6 is 22.9 Å². The molecule has 0 radical (unpaired) electrons. The number of ether oxygens (including phenoxy) is 2. The molecule has 0 spiro atoms. The van der Waals surface area contributed by atoms with Gasteiger partial charge in [0.05, 0.1) is 31.5 Å². The molecule has 1 amide bonds. The first-order chi connectivity index (χ1) is 13.0. The smallest absolute Gasteiger partial charge is 0.263 e. The zero-order chi connectivity index (χ0) is 19.4. The lowest BCUT2D eigenvalue weighted by Crippen LogP contribution is -2.26. The van der Waals surface area contributed by atoms with Crippen molar-refractivity contribution in [2.24, 2.45) is 0 Å². The number of methoxy groups -OCH3 is 2. The largest absolute Gasteiger partial charge is 0.497 e. The average molecular weight is 403 g/mol. The highest BCUT2D eigenvalue weighted by molar-refractivity contribution is 7.17. The molecule has 1 atom stereocenters. The third kappa shape index (κ3) is 4.23. The van der Waals surface area contributed by atoms with Crippen molar-refractivity contribution in [3.63, 3.8) is 0 Å². The second-order valence-electron chi connectivity index (χ2n) is 5.81. The van der Waals surface area contributed by atoms with Crippen LogP contribution in [0, 0.1) is 0 Å². The van der Waals surface area contributed by atoms with E-state index in [9.17, 15) is 4.79 Å². The molecule has 1 heterocycles. The van der Waals surface area contributed by atoms with Crippen molar-refractivity contribution in [1.29, 1.82) is 0 Å². The van der Waals surface area contributed by atoms with Gasteiger partial charge in [-0.25, -0.2) is 4.98 Å². The summed E-state index contributed by atoms with van der Waals surface area (Å²) in [6.45, 7) is 1.90. The van der Waals surface area contributed by atoms with Gasteiger partial charge in [0.1, 0.15) is 21.4 Å². The number of hydrogen-bond acceptors (Lipinski definition) is 5. The Kier molecular flexibility index (Phi) is 5.98. The lowest BCUT2D eigenvalue weighted by Gasteiger charge is -2.17. The maximum Gasteiger partial charge on any atom is 0.263 e. The highest BCUT2D eigenvalue weighted by Crippen LogP contribution is 2.32. The van der Waals surface area contributed by atoms with Gasteiger partial charge < -0.3 is 14.8 Å². The first-order valence-corrected chi connectivity index (χ1v) is 9.46. The van der Waals surface area contributed by atoms with E-state index in [4.69, 9.17) is 21.1 Å². The number of benzene rings is 2. The Hall–Kier alpha value is -2.57. The lowest BCUT2D eigenvalue weighted by molar-refractivity contribution is 0.0943. The summed E-state index contributed by atoms with van der Waals surface area (Å²) in [5.41, 5.74) is 1.68. The summed E-state index contributed by atoms with van der Waals surface area (Å²) in [6, 6.07) is 12.7. The van der Waals surface area contributed by atoms with Gasteiger partial charge in [-0.1, -0.05) is 29.8 Å². The Morgan fingerprint density at radius 3 is 2.67 bits per heavy atom. The zero-order valence-electron chi connectivity index (χ0n) is 15.2. The predicted molar refractivity (Wildman–Crippen MR) is 108 cm³/mol. The van der Waals surface area contributed by atoms with E-state index in [0.717, 1.165) is 11.1 Å². The van der Waals surface area contributed by atoms with Gasteiger partial charge >= 0.3 is 0 Å². The molecule has 3 rings (SSSR count). The van der Waals surface area contributed by atoms with Gasteiger partial charge in [-0.3, -0.25) is 4.79 Å². The number of thiazole rings is 1. The van der Waals surface area contributed by atoms with Gasteiger partial charge in [-0.15, -0.1) is 11.3 Å². The summed E-state index contributed by atoms with van der Waals surface area (Å²) in [7, 11) is 3.19. The van der Waals surface area contributed by atoms with Crippen molar-refractivity contribution >= 4 is 28.8 Å². The molecular formula is C20H19ClN2O3S. The average Bonchev–Trinajstić information content (AvgIpc) is 3.17. The maximum absolute atomic E-state index is 12.6. The number of carbonyl (C=O) groups excluding carboxylic acids is 1. The van der Waals surface area contributed by atoms with Gasteiger partial charge in [0.15, 0.2) is 0 Å². The molecule has 1 aromatic heterocycles. The monoisotopic (exact) mass is 402 g/mol. The van der Waals surface area contributed by atoms with Crippen molar-refractivity contribution < 1.29 is 14.3 Å². The number of halogens is 1. The number of carbonyl (C=O) groups is 1. The van der Waals surface area contributed by atoms with Gasteiger partial charge in [0.2, 0.25) is 0 Å². The van der Waals surface area contributed by atoms with Crippen LogP contribution in [-0.4, -0.2) is 25.1 Å². The first-order valence-electron chi connectivity index (χ1n) is 8.27. The fourth-order valence-electron chi connectivity index (χ4n) is 2.66. The number of hydrogen-bond donors (Lipinski definition) is 1. The van der Waals surface area contributed by atoms with E-state index in [1.54, 1.807) is 32.5 Å². The number of rotatable bonds is 6. The van der Waals surface area contributed by atoms with E-state index >= 15 is 0 Å². The molecule has 0 saturated carbocycles. The number of nitrogens with one attached hydrogen (secondary N) is 1. The summed E-state index contributed by atoms with van der Waals surface area (Å²) in [4.78, 5) is 17.5. The van der Waals surface area contributed by atoms with E-state index in [2.05, 4.69) is 10.3 Å². The van der Waals surface area contributed by atoms with Gasteiger partial charge in [0, 0.05) is 17.2 Å². The summed E-state index contributed by atoms with van der Waals surface area (Å²) in [5, 5.41) is 4.30. The summed E-state index contributed by atoms with van der Waals surface area (Å²) in [5.74, 6) is 1.15. The van der Waals surface area contributed by atoms with Crippen LogP contribution in [0.25, 0.3) is 10.6 Å². The van der Waals surface area contributed by atoms with Crippen LogP contribution in [0.1, 0.15) is 28.2 Å². The summed E-state index contributed by atoms with van der Waals surface area (Å²) >= 11 is 7.51. The summed E-state index contributed by atoms with van der Waals surface area (Å²) in [6.07, 6.45) is 1.57. The predicted octanol–water partition coefficient (Wildman–Crippen LogP) is 4.97.